The first-order valence-corrected chi connectivity index (χ1v) is 7.37. The number of hydrogen-bond donors (Lipinski definition) is 1. The van der Waals surface area contributed by atoms with Crippen molar-refractivity contribution in [3.05, 3.63) is 29.8 Å². The molecule has 1 aromatic carbocycles. The maximum atomic E-state index is 12.2. The molecule has 0 aliphatic carbocycles. The molecular formula is C17H28N2O2. The summed E-state index contributed by atoms with van der Waals surface area (Å²) in [5.74, 6) is 0.977. The lowest BCUT2D eigenvalue weighted by Gasteiger charge is -2.28. The standard InChI is InChI=1S/C17H28N2O2/c1-13(11-14-9-7-8-10-15(14)21-6)19(5)16(20)12-18-17(2,3)4/h7-10,13,18H,11-12H2,1-6H3. The fraction of sp³-hybridized carbons (Fsp3) is 0.588. The van der Waals surface area contributed by atoms with E-state index >= 15 is 0 Å². The van der Waals surface area contributed by atoms with Gasteiger partial charge in [0.05, 0.1) is 13.7 Å². The highest BCUT2D eigenvalue weighted by Gasteiger charge is 2.19. The van der Waals surface area contributed by atoms with E-state index in [1.165, 1.54) is 0 Å². The number of hydrogen-bond acceptors (Lipinski definition) is 3. The van der Waals surface area contributed by atoms with Gasteiger partial charge < -0.3 is 15.0 Å². The molecule has 0 radical (unpaired) electrons. The Morgan fingerprint density at radius 1 is 1.33 bits per heavy atom. The van der Waals surface area contributed by atoms with Crippen molar-refractivity contribution in [1.29, 1.82) is 0 Å². The monoisotopic (exact) mass is 292 g/mol. The minimum Gasteiger partial charge on any atom is -0.496 e. The lowest BCUT2D eigenvalue weighted by Crippen LogP contribution is -2.46. The molecule has 4 heteroatoms. The second-order valence-corrected chi connectivity index (χ2v) is 6.47. The highest BCUT2D eigenvalue weighted by atomic mass is 16.5. The van der Waals surface area contributed by atoms with Gasteiger partial charge in [-0.15, -0.1) is 0 Å². The van der Waals surface area contributed by atoms with Gasteiger partial charge in [0.25, 0.3) is 0 Å². The molecule has 21 heavy (non-hydrogen) atoms. The van der Waals surface area contributed by atoms with Crippen molar-refractivity contribution in [3.63, 3.8) is 0 Å². The van der Waals surface area contributed by atoms with E-state index in [1.807, 2.05) is 31.3 Å². The van der Waals surface area contributed by atoms with Gasteiger partial charge in [-0.2, -0.15) is 0 Å². The maximum Gasteiger partial charge on any atom is 0.236 e. The molecule has 0 aliphatic heterocycles. The Kier molecular flexibility index (Phi) is 6.21. The number of likely N-dealkylation sites (N-methyl/N-ethyl adjacent to an activating group) is 1. The summed E-state index contributed by atoms with van der Waals surface area (Å²) in [6, 6.07) is 8.06. The van der Waals surface area contributed by atoms with Crippen LogP contribution in [-0.2, 0) is 11.2 Å². The van der Waals surface area contributed by atoms with Crippen molar-refractivity contribution < 1.29 is 9.53 Å². The summed E-state index contributed by atoms with van der Waals surface area (Å²) in [6.45, 7) is 8.58. The van der Waals surface area contributed by atoms with Gasteiger partial charge in [-0.25, -0.2) is 0 Å². The number of benzene rings is 1. The highest BCUT2D eigenvalue weighted by molar-refractivity contribution is 5.78. The summed E-state index contributed by atoms with van der Waals surface area (Å²) in [7, 11) is 3.53. The van der Waals surface area contributed by atoms with Crippen molar-refractivity contribution in [1.82, 2.24) is 10.2 Å². The number of carbonyl (C=O) groups is 1. The lowest BCUT2D eigenvalue weighted by molar-refractivity contribution is -0.131. The number of para-hydroxylation sites is 1. The molecule has 1 aromatic rings. The summed E-state index contributed by atoms with van der Waals surface area (Å²) >= 11 is 0. The minimum atomic E-state index is -0.0532. The van der Waals surface area contributed by atoms with Crippen LogP contribution in [-0.4, -0.2) is 43.1 Å². The van der Waals surface area contributed by atoms with E-state index in [-0.39, 0.29) is 17.5 Å². The smallest absolute Gasteiger partial charge is 0.236 e. The quantitative estimate of drug-likeness (QED) is 0.876. The second kappa shape index (κ2) is 7.46. The molecule has 0 spiro atoms. The van der Waals surface area contributed by atoms with E-state index < -0.39 is 0 Å². The third kappa shape index (κ3) is 5.76. The molecule has 1 unspecified atom stereocenters. The van der Waals surface area contributed by atoms with Crippen molar-refractivity contribution >= 4 is 5.91 Å². The van der Waals surface area contributed by atoms with Crippen LogP contribution < -0.4 is 10.1 Å². The summed E-state index contributed by atoms with van der Waals surface area (Å²) in [4.78, 5) is 14.0. The topological polar surface area (TPSA) is 41.6 Å². The summed E-state index contributed by atoms with van der Waals surface area (Å²) < 4.78 is 5.36. The average Bonchev–Trinajstić information content (AvgIpc) is 2.43. The van der Waals surface area contributed by atoms with Gasteiger partial charge in [0.1, 0.15) is 5.75 Å². The van der Waals surface area contributed by atoms with Crippen LogP contribution in [0.2, 0.25) is 0 Å². The van der Waals surface area contributed by atoms with Crippen molar-refractivity contribution in [2.45, 2.75) is 45.7 Å². The highest BCUT2D eigenvalue weighted by Crippen LogP contribution is 2.20. The van der Waals surface area contributed by atoms with Crippen molar-refractivity contribution in [2.24, 2.45) is 0 Å². The molecule has 1 N–H and O–H groups in total. The number of carbonyl (C=O) groups excluding carboxylic acids is 1. The van der Waals surface area contributed by atoms with Gasteiger partial charge >= 0.3 is 0 Å². The second-order valence-electron chi connectivity index (χ2n) is 6.47. The van der Waals surface area contributed by atoms with Crippen molar-refractivity contribution in [2.75, 3.05) is 20.7 Å². The lowest BCUT2D eigenvalue weighted by atomic mass is 10.0. The van der Waals surface area contributed by atoms with Crippen LogP contribution >= 0.6 is 0 Å². The zero-order valence-electron chi connectivity index (χ0n) is 14.1. The fourth-order valence-corrected chi connectivity index (χ4v) is 2.04. The Labute approximate surface area is 128 Å². The first-order valence-electron chi connectivity index (χ1n) is 7.37. The van der Waals surface area contributed by atoms with Crippen molar-refractivity contribution in [3.8, 4) is 5.75 Å². The van der Waals surface area contributed by atoms with Gasteiger partial charge in [0.15, 0.2) is 0 Å². The average molecular weight is 292 g/mol. The molecule has 4 nitrogen and oxygen atoms in total. The first-order chi connectivity index (χ1) is 9.74. The van der Waals surface area contributed by atoms with Gasteiger partial charge in [-0.05, 0) is 45.7 Å². The fourth-order valence-electron chi connectivity index (χ4n) is 2.04. The first kappa shape index (κ1) is 17.5. The van der Waals surface area contributed by atoms with Gasteiger partial charge in [-0.1, -0.05) is 18.2 Å². The normalized spacial score (nSPS) is 12.9. The van der Waals surface area contributed by atoms with Gasteiger partial charge in [0, 0.05) is 18.6 Å². The van der Waals surface area contributed by atoms with E-state index in [0.717, 1.165) is 17.7 Å². The Morgan fingerprint density at radius 3 is 2.52 bits per heavy atom. The molecule has 1 amide bonds. The molecule has 0 heterocycles. The Hall–Kier alpha value is -1.55. The Balaban J connectivity index is 2.61. The molecule has 0 saturated carbocycles. The van der Waals surface area contributed by atoms with E-state index in [0.29, 0.717) is 6.54 Å². The SMILES string of the molecule is COc1ccccc1CC(C)N(C)C(=O)CNC(C)(C)C. The molecule has 0 aliphatic rings. The van der Waals surface area contributed by atoms with Crippen LogP contribution in [0.1, 0.15) is 33.3 Å². The molecule has 1 atom stereocenters. The molecule has 0 saturated heterocycles. The predicted molar refractivity (Wildman–Crippen MR) is 86.7 cm³/mol. The van der Waals surface area contributed by atoms with Crippen LogP contribution in [0.25, 0.3) is 0 Å². The molecule has 0 bridgehead atoms. The summed E-state index contributed by atoms with van der Waals surface area (Å²) in [6.07, 6.45) is 0.780. The minimum absolute atomic E-state index is 0.0532. The molecule has 0 aromatic heterocycles. The maximum absolute atomic E-state index is 12.2. The number of ether oxygens (including phenoxy) is 1. The largest absolute Gasteiger partial charge is 0.496 e. The van der Waals surface area contributed by atoms with Crippen LogP contribution in [0, 0.1) is 0 Å². The van der Waals surface area contributed by atoms with Crippen LogP contribution in [0.4, 0.5) is 0 Å². The number of nitrogens with zero attached hydrogens (tertiary/aromatic N) is 1. The third-order valence-corrected chi connectivity index (χ3v) is 3.53. The molecule has 118 valence electrons. The number of amides is 1. The van der Waals surface area contributed by atoms with Crippen LogP contribution in [0.3, 0.4) is 0 Å². The number of methoxy groups -OCH3 is 1. The van der Waals surface area contributed by atoms with E-state index in [4.69, 9.17) is 4.74 Å². The van der Waals surface area contributed by atoms with Gasteiger partial charge in [0.2, 0.25) is 5.91 Å². The van der Waals surface area contributed by atoms with E-state index in [9.17, 15) is 4.79 Å². The number of rotatable bonds is 6. The number of nitrogens with one attached hydrogen (secondary N) is 1. The summed E-state index contributed by atoms with van der Waals surface area (Å²) in [5.41, 5.74) is 1.07. The zero-order chi connectivity index (χ0) is 16.0. The van der Waals surface area contributed by atoms with Gasteiger partial charge in [-0.3, -0.25) is 4.79 Å². The molecule has 0 fully saturated rings. The summed E-state index contributed by atoms with van der Waals surface area (Å²) in [5, 5.41) is 3.23. The van der Waals surface area contributed by atoms with E-state index in [2.05, 4.69) is 33.0 Å². The van der Waals surface area contributed by atoms with Crippen LogP contribution in [0.5, 0.6) is 5.75 Å². The predicted octanol–water partition coefficient (Wildman–Crippen LogP) is 2.47. The zero-order valence-corrected chi connectivity index (χ0v) is 14.1. The Bertz CT molecular complexity index is 466. The van der Waals surface area contributed by atoms with E-state index in [1.54, 1.807) is 12.0 Å². The molecular weight excluding hydrogens is 264 g/mol. The van der Waals surface area contributed by atoms with Crippen LogP contribution in [0.15, 0.2) is 24.3 Å². The Morgan fingerprint density at radius 2 is 1.95 bits per heavy atom. The molecule has 1 rings (SSSR count). The third-order valence-electron chi connectivity index (χ3n) is 3.53.